The number of rotatable bonds is 5. The molecule has 1 aliphatic rings. The van der Waals surface area contributed by atoms with Crippen molar-refractivity contribution in [2.75, 3.05) is 11.1 Å². The lowest BCUT2D eigenvalue weighted by Gasteiger charge is -2.25. The minimum atomic E-state index is -0.693. The molecule has 0 aliphatic heterocycles. The van der Waals surface area contributed by atoms with Gasteiger partial charge in [-0.25, -0.2) is 4.98 Å². The van der Waals surface area contributed by atoms with Crippen LogP contribution in [0.25, 0.3) is 0 Å². The number of nitrogens with one attached hydrogen (secondary N) is 1. The Kier molecular flexibility index (Phi) is 5.40. The van der Waals surface area contributed by atoms with Crippen molar-refractivity contribution in [3.8, 4) is 0 Å². The summed E-state index contributed by atoms with van der Waals surface area (Å²) in [5.41, 5.74) is 0. The third-order valence-electron chi connectivity index (χ3n) is 3.41. The van der Waals surface area contributed by atoms with Gasteiger partial charge in [-0.3, -0.25) is 9.59 Å². The molecule has 1 aromatic heterocycles. The van der Waals surface area contributed by atoms with Crippen LogP contribution in [-0.2, 0) is 9.59 Å². The van der Waals surface area contributed by atoms with Crippen LogP contribution >= 0.6 is 11.8 Å². The smallest absolute Gasteiger partial charge is 0.306 e. The lowest BCUT2D eigenvalue weighted by Crippen LogP contribution is -2.24. The van der Waals surface area contributed by atoms with Crippen LogP contribution < -0.4 is 5.32 Å². The molecule has 0 spiro atoms. The maximum absolute atomic E-state index is 11.8. The number of carboxylic acids is 1. The molecular weight excluding hydrogens is 276 g/mol. The van der Waals surface area contributed by atoms with Gasteiger partial charge in [-0.05, 0) is 37.8 Å². The van der Waals surface area contributed by atoms with Gasteiger partial charge in [0, 0.05) is 11.4 Å². The highest BCUT2D eigenvalue weighted by Gasteiger charge is 2.26. The van der Waals surface area contributed by atoms with E-state index in [9.17, 15) is 9.59 Å². The highest BCUT2D eigenvalue weighted by atomic mass is 32.2. The fourth-order valence-electron chi connectivity index (χ4n) is 2.29. The minimum absolute atomic E-state index is 0.0611. The van der Waals surface area contributed by atoms with E-state index < -0.39 is 5.97 Å². The number of pyridine rings is 1. The molecule has 1 aliphatic carbocycles. The molecule has 1 amide bonds. The number of aliphatic carboxylic acids is 1. The van der Waals surface area contributed by atoms with Crippen molar-refractivity contribution in [3.05, 3.63) is 24.4 Å². The Morgan fingerprint density at radius 1 is 1.30 bits per heavy atom. The molecule has 1 fully saturated rings. The normalized spacial score (nSPS) is 22.2. The van der Waals surface area contributed by atoms with Crippen molar-refractivity contribution in [1.29, 1.82) is 0 Å². The first kappa shape index (κ1) is 14.8. The Bertz CT molecular complexity index is 459. The largest absolute Gasteiger partial charge is 0.481 e. The number of thioether (sulfide) groups is 1. The number of carboxylic acid groups (broad SMARTS) is 1. The third kappa shape index (κ3) is 4.52. The molecule has 20 heavy (non-hydrogen) atoms. The number of anilines is 1. The average Bonchev–Trinajstić information content (AvgIpc) is 2.46. The van der Waals surface area contributed by atoms with Crippen LogP contribution in [0.1, 0.15) is 25.7 Å². The zero-order valence-corrected chi connectivity index (χ0v) is 11.9. The van der Waals surface area contributed by atoms with Crippen LogP contribution in [0.4, 0.5) is 5.82 Å². The highest BCUT2D eigenvalue weighted by molar-refractivity contribution is 8.00. The molecule has 1 heterocycles. The van der Waals surface area contributed by atoms with Crippen LogP contribution in [-0.4, -0.2) is 33.0 Å². The Hall–Kier alpha value is -1.56. The molecule has 6 heteroatoms. The molecule has 0 unspecified atom stereocenters. The first-order valence-corrected chi connectivity index (χ1v) is 7.75. The van der Waals surface area contributed by atoms with Crippen LogP contribution in [0, 0.1) is 5.92 Å². The second-order valence-electron chi connectivity index (χ2n) is 4.89. The summed E-state index contributed by atoms with van der Waals surface area (Å²) in [5.74, 6) is -0.00353. The number of amides is 1. The SMILES string of the molecule is O=C(CSC1CCC(C(=O)O)CC1)Nc1ccccn1. The van der Waals surface area contributed by atoms with Crippen molar-refractivity contribution >= 4 is 29.5 Å². The van der Waals surface area contributed by atoms with E-state index in [-0.39, 0.29) is 11.8 Å². The van der Waals surface area contributed by atoms with Crippen molar-refractivity contribution in [2.24, 2.45) is 5.92 Å². The Balaban J connectivity index is 1.68. The second-order valence-corrected chi connectivity index (χ2v) is 6.17. The molecule has 2 N–H and O–H groups in total. The topological polar surface area (TPSA) is 79.3 Å². The molecule has 108 valence electrons. The number of carbonyl (C=O) groups is 2. The summed E-state index contributed by atoms with van der Waals surface area (Å²) < 4.78 is 0. The first-order chi connectivity index (χ1) is 9.65. The van der Waals surface area contributed by atoms with Gasteiger partial charge in [0.25, 0.3) is 0 Å². The zero-order valence-electron chi connectivity index (χ0n) is 11.1. The summed E-state index contributed by atoms with van der Waals surface area (Å²) in [4.78, 5) is 26.7. The van der Waals surface area contributed by atoms with Crippen LogP contribution in [0.2, 0.25) is 0 Å². The number of hydrogen-bond donors (Lipinski definition) is 2. The summed E-state index contributed by atoms with van der Waals surface area (Å²) in [6.07, 6.45) is 4.82. The van der Waals surface area contributed by atoms with Crippen molar-refractivity contribution < 1.29 is 14.7 Å². The van der Waals surface area contributed by atoms with E-state index in [4.69, 9.17) is 5.11 Å². The van der Waals surface area contributed by atoms with E-state index in [1.165, 1.54) is 0 Å². The molecule has 0 saturated heterocycles. The van der Waals surface area contributed by atoms with Gasteiger partial charge in [0.15, 0.2) is 0 Å². The lowest BCUT2D eigenvalue weighted by molar-refractivity contribution is -0.142. The number of nitrogens with zero attached hydrogens (tertiary/aromatic N) is 1. The Morgan fingerprint density at radius 2 is 2.05 bits per heavy atom. The van der Waals surface area contributed by atoms with Crippen molar-refractivity contribution in [1.82, 2.24) is 4.98 Å². The molecule has 5 nitrogen and oxygen atoms in total. The van der Waals surface area contributed by atoms with Gasteiger partial charge in [-0.1, -0.05) is 6.07 Å². The summed E-state index contributed by atoms with van der Waals surface area (Å²) in [6, 6.07) is 5.37. The van der Waals surface area contributed by atoms with E-state index in [1.807, 2.05) is 6.07 Å². The van der Waals surface area contributed by atoms with Gasteiger partial charge in [0.1, 0.15) is 5.82 Å². The van der Waals surface area contributed by atoms with Gasteiger partial charge in [-0.15, -0.1) is 11.8 Å². The summed E-state index contributed by atoms with van der Waals surface area (Å²) in [7, 11) is 0. The number of hydrogen-bond acceptors (Lipinski definition) is 4. The van der Waals surface area contributed by atoms with Gasteiger partial charge >= 0.3 is 5.97 Å². The molecule has 1 aromatic rings. The van der Waals surface area contributed by atoms with Gasteiger partial charge < -0.3 is 10.4 Å². The predicted octanol–water partition coefficient (Wildman–Crippen LogP) is 2.40. The first-order valence-electron chi connectivity index (χ1n) is 6.70. The summed E-state index contributed by atoms with van der Waals surface area (Å²) in [6.45, 7) is 0. The number of carbonyl (C=O) groups excluding carboxylic acids is 1. The quantitative estimate of drug-likeness (QED) is 0.871. The van der Waals surface area contributed by atoms with E-state index in [1.54, 1.807) is 30.1 Å². The van der Waals surface area contributed by atoms with Gasteiger partial charge in [0.05, 0.1) is 11.7 Å². The standard InChI is InChI=1S/C14H18N2O3S/c17-13(16-12-3-1-2-8-15-12)9-20-11-6-4-10(5-7-11)14(18)19/h1-3,8,10-11H,4-7,9H2,(H,18,19)(H,15,16,17). The van der Waals surface area contributed by atoms with E-state index in [2.05, 4.69) is 10.3 Å². The summed E-state index contributed by atoms with van der Waals surface area (Å²) in [5, 5.41) is 12.1. The molecule has 2 rings (SSSR count). The second kappa shape index (κ2) is 7.28. The van der Waals surface area contributed by atoms with Crippen LogP contribution in [0.5, 0.6) is 0 Å². The third-order valence-corrected chi connectivity index (χ3v) is 4.78. The molecule has 0 radical (unpaired) electrons. The fourth-order valence-corrected chi connectivity index (χ4v) is 3.35. The summed E-state index contributed by atoms with van der Waals surface area (Å²) >= 11 is 1.61. The predicted molar refractivity (Wildman–Crippen MR) is 78.7 cm³/mol. The highest BCUT2D eigenvalue weighted by Crippen LogP contribution is 2.31. The van der Waals surface area contributed by atoms with Crippen LogP contribution in [0.3, 0.4) is 0 Å². The lowest BCUT2D eigenvalue weighted by atomic mass is 9.89. The van der Waals surface area contributed by atoms with Gasteiger partial charge in [-0.2, -0.15) is 0 Å². The van der Waals surface area contributed by atoms with Crippen molar-refractivity contribution in [2.45, 2.75) is 30.9 Å². The zero-order chi connectivity index (χ0) is 14.4. The molecule has 1 saturated carbocycles. The van der Waals surface area contributed by atoms with E-state index >= 15 is 0 Å². The fraction of sp³-hybridized carbons (Fsp3) is 0.500. The maximum atomic E-state index is 11.8. The van der Waals surface area contributed by atoms with Crippen LogP contribution in [0.15, 0.2) is 24.4 Å². The van der Waals surface area contributed by atoms with E-state index in [0.29, 0.717) is 16.8 Å². The average molecular weight is 294 g/mol. The van der Waals surface area contributed by atoms with Crippen molar-refractivity contribution in [3.63, 3.8) is 0 Å². The molecular formula is C14H18N2O3S. The van der Waals surface area contributed by atoms with E-state index in [0.717, 1.165) is 25.7 Å². The monoisotopic (exact) mass is 294 g/mol. The Labute approximate surface area is 122 Å². The molecule has 0 aromatic carbocycles. The minimum Gasteiger partial charge on any atom is -0.481 e. The van der Waals surface area contributed by atoms with Gasteiger partial charge in [0.2, 0.25) is 5.91 Å². The number of aromatic nitrogens is 1. The Morgan fingerprint density at radius 3 is 2.65 bits per heavy atom. The molecule has 0 atom stereocenters. The maximum Gasteiger partial charge on any atom is 0.306 e. The molecule has 0 bridgehead atoms.